The normalized spacial score (nSPS) is 13.4. The third kappa shape index (κ3) is 6.17. The summed E-state index contributed by atoms with van der Waals surface area (Å²) in [6, 6.07) is 14.3. The highest BCUT2D eigenvalue weighted by molar-refractivity contribution is 8.03. The van der Waals surface area contributed by atoms with Crippen molar-refractivity contribution < 1.29 is 9.53 Å². The summed E-state index contributed by atoms with van der Waals surface area (Å²) in [7, 11) is 1.66. The molecule has 1 aromatic heterocycles. The standard InChI is InChI=1S/C23H26N4O2S3/c1-16-13-18(27-11-3-4-12-27)7-10-20(16)24-21(28)15-31-23-26-25-22(32-23)30-14-17-5-8-19(29-2)9-6-17/h5-10,13H,3-4,11-12,14-15H2,1-2H3,(H,24,28). The molecule has 3 aromatic rings. The molecule has 0 saturated carbocycles. The summed E-state index contributed by atoms with van der Waals surface area (Å²) in [6.45, 7) is 4.27. The molecule has 1 amide bonds. The van der Waals surface area contributed by atoms with Crippen LogP contribution in [0, 0.1) is 6.92 Å². The van der Waals surface area contributed by atoms with E-state index in [1.165, 1.54) is 47.2 Å². The summed E-state index contributed by atoms with van der Waals surface area (Å²) in [5.41, 5.74) is 4.39. The monoisotopic (exact) mass is 486 g/mol. The van der Waals surface area contributed by atoms with Crippen molar-refractivity contribution >= 4 is 52.1 Å². The number of carbonyl (C=O) groups excluding carboxylic acids is 1. The number of amides is 1. The lowest BCUT2D eigenvalue weighted by molar-refractivity contribution is -0.113. The Bertz CT molecular complexity index is 1050. The van der Waals surface area contributed by atoms with E-state index in [1.807, 2.05) is 37.3 Å². The summed E-state index contributed by atoms with van der Waals surface area (Å²) < 4.78 is 6.89. The number of carbonyl (C=O) groups is 1. The van der Waals surface area contributed by atoms with Gasteiger partial charge in [-0.2, -0.15) is 0 Å². The van der Waals surface area contributed by atoms with Gasteiger partial charge in [0.15, 0.2) is 8.68 Å². The van der Waals surface area contributed by atoms with Crippen LogP contribution in [-0.2, 0) is 10.5 Å². The number of anilines is 2. The van der Waals surface area contributed by atoms with Gasteiger partial charge >= 0.3 is 0 Å². The topological polar surface area (TPSA) is 67.3 Å². The van der Waals surface area contributed by atoms with Gasteiger partial charge in [-0.1, -0.05) is 47.0 Å². The summed E-state index contributed by atoms with van der Waals surface area (Å²) in [5.74, 6) is 1.95. The number of ether oxygens (including phenoxy) is 1. The molecule has 0 aliphatic carbocycles. The van der Waals surface area contributed by atoms with Crippen LogP contribution in [-0.4, -0.2) is 42.1 Å². The summed E-state index contributed by atoms with van der Waals surface area (Å²) in [4.78, 5) is 14.8. The lowest BCUT2D eigenvalue weighted by Crippen LogP contribution is -2.18. The van der Waals surface area contributed by atoms with Crippen molar-refractivity contribution in [2.45, 2.75) is 34.2 Å². The van der Waals surface area contributed by atoms with Gasteiger partial charge in [0, 0.05) is 30.2 Å². The number of nitrogens with zero attached hydrogens (tertiary/aromatic N) is 3. The van der Waals surface area contributed by atoms with E-state index in [2.05, 4.69) is 32.5 Å². The Morgan fingerprint density at radius 3 is 2.50 bits per heavy atom. The van der Waals surface area contributed by atoms with Crippen molar-refractivity contribution in [3.8, 4) is 5.75 Å². The quantitative estimate of drug-likeness (QED) is 0.402. The Kier molecular flexibility index (Phi) is 7.94. The number of aryl methyl sites for hydroxylation is 1. The second kappa shape index (κ2) is 11.1. The highest BCUT2D eigenvalue weighted by Gasteiger charge is 2.14. The number of aromatic nitrogens is 2. The molecule has 2 aromatic carbocycles. The van der Waals surface area contributed by atoms with Gasteiger partial charge in [-0.15, -0.1) is 10.2 Å². The minimum atomic E-state index is -0.0327. The van der Waals surface area contributed by atoms with Crippen molar-refractivity contribution in [1.29, 1.82) is 0 Å². The molecular weight excluding hydrogens is 460 g/mol. The molecule has 0 radical (unpaired) electrons. The SMILES string of the molecule is COc1ccc(CSc2nnc(SCC(=O)Nc3ccc(N4CCCC4)cc3C)s2)cc1. The number of nitrogens with one attached hydrogen (secondary N) is 1. The Labute approximate surface area is 201 Å². The van der Waals surface area contributed by atoms with Crippen LogP contribution in [0.15, 0.2) is 51.1 Å². The largest absolute Gasteiger partial charge is 0.497 e. The van der Waals surface area contributed by atoms with E-state index >= 15 is 0 Å². The van der Waals surface area contributed by atoms with Crippen molar-refractivity contribution in [2.24, 2.45) is 0 Å². The number of thioether (sulfide) groups is 2. The Morgan fingerprint density at radius 2 is 1.81 bits per heavy atom. The van der Waals surface area contributed by atoms with Crippen molar-refractivity contribution in [2.75, 3.05) is 36.2 Å². The molecule has 32 heavy (non-hydrogen) atoms. The van der Waals surface area contributed by atoms with Crippen molar-refractivity contribution in [3.05, 3.63) is 53.6 Å². The second-order valence-corrected chi connectivity index (χ2v) is 10.9. The lowest BCUT2D eigenvalue weighted by Gasteiger charge is -2.19. The molecule has 0 unspecified atom stereocenters. The van der Waals surface area contributed by atoms with Crippen LogP contribution in [0.2, 0.25) is 0 Å². The first-order chi connectivity index (χ1) is 15.6. The molecule has 0 spiro atoms. The number of hydrogen-bond donors (Lipinski definition) is 1. The first kappa shape index (κ1) is 22.9. The molecular formula is C23H26N4O2S3. The molecule has 9 heteroatoms. The first-order valence-electron chi connectivity index (χ1n) is 10.5. The van der Waals surface area contributed by atoms with E-state index in [4.69, 9.17) is 4.74 Å². The van der Waals surface area contributed by atoms with E-state index in [0.29, 0.717) is 5.75 Å². The second-order valence-electron chi connectivity index (χ2n) is 7.50. The molecule has 1 fully saturated rings. The maximum atomic E-state index is 12.4. The number of methoxy groups -OCH3 is 1. The highest BCUT2D eigenvalue weighted by atomic mass is 32.2. The van der Waals surface area contributed by atoms with Gasteiger partial charge in [0.05, 0.1) is 12.9 Å². The van der Waals surface area contributed by atoms with Crippen molar-refractivity contribution in [3.63, 3.8) is 0 Å². The smallest absolute Gasteiger partial charge is 0.234 e. The van der Waals surface area contributed by atoms with Crippen LogP contribution in [0.5, 0.6) is 5.75 Å². The molecule has 1 N–H and O–H groups in total. The van der Waals surface area contributed by atoms with Crippen molar-refractivity contribution in [1.82, 2.24) is 10.2 Å². The average molecular weight is 487 g/mol. The average Bonchev–Trinajstić information content (AvgIpc) is 3.50. The molecule has 1 aliphatic rings. The van der Waals surface area contributed by atoms with Crippen LogP contribution < -0.4 is 15.0 Å². The summed E-state index contributed by atoms with van der Waals surface area (Å²) in [6.07, 6.45) is 2.50. The molecule has 1 aliphatic heterocycles. The molecule has 168 valence electrons. The van der Waals surface area contributed by atoms with E-state index < -0.39 is 0 Å². The van der Waals surface area contributed by atoms with Gasteiger partial charge in [-0.05, 0) is 61.2 Å². The molecule has 0 atom stereocenters. The molecule has 4 rings (SSSR count). The van der Waals surface area contributed by atoms with Crippen LogP contribution >= 0.6 is 34.9 Å². The highest BCUT2D eigenvalue weighted by Crippen LogP contribution is 2.31. The van der Waals surface area contributed by atoms with Gasteiger partial charge in [-0.3, -0.25) is 4.79 Å². The van der Waals surface area contributed by atoms with Gasteiger partial charge < -0.3 is 15.0 Å². The van der Waals surface area contributed by atoms with Crippen LogP contribution in [0.4, 0.5) is 11.4 Å². The van der Waals surface area contributed by atoms with Crippen LogP contribution in [0.1, 0.15) is 24.0 Å². The fourth-order valence-electron chi connectivity index (χ4n) is 3.45. The third-order valence-electron chi connectivity index (χ3n) is 5.19. The summed E-state index contributed by atoms with van der Waals surface area (Å²) in [5, 5.41) is 11.5. The maximum absolute atomic E-state index is 12.4. The van der Waals surface area contributed by atoms with Crippen LogP contribution in [0.25, 0.3) is 0 Å². The van der Waals surface area contributed by atoms with E-state index in [0.717, 1.165) is 44.5 Å². The Morgan fingerprint density at radius 1 is 1.09 bits per heavy atom. The number of benzene rings is 2. The molecule has 2 heterocycles. The lowest BCUT2D eigenvalue weighted by atomic mass is 10.1. The van der Waals surface area contributed by atoms with Gasteiger partial charge in [0.25, 0.3) is 0 Å². The molecule has 6 nitrogen and oxygen atoms in total. The molecule has 1 saturated heterocycles. The maximum Gasteiger partial charge on any atom is 0.234 e. The minimum Gasteiger partial charge on any atom is -0.497 e. The van der Waals surface area contributed by atoms with Gasteiger partial charge in [-0.25, -0.2) is 0 Å². The fraction of sp³-hybridized carbons (Fsp3) is 0.348. The first-order valence-corrected chi connectivity index (χ1v) is 13.3. The van der Waals surface area contributed by atoms with Crippen LogP contribution in [0.3, 0.4) is 0 Å². The van der Waals surface area contributed by atoms with E-state index in [9.17, 15) is 4.79 Å². The van der Waals surface area contributed by atoms with E-state index in [-0.39, 0.29) is 5.91 Å². The van der Waals surface area contributed by atoms with Gasteiger partial charge in [0.2, 0.25) is 5.91 Å². The zero-order valence-corrected chi connectivity index (χ0v) is 20.6. The van der Waals surface area contributed by atoms with E-state index in [1.54, 1.807) is 18.9 Å². The van der Waals surface area contributed by atoms with Gasteiger partial charge in [0.1, 0.15) is 5.75 Å². The zero-order valence-electron chi connectivity index (χ0n) is 18.2. The number of rotatable bonds is 9. The fourth-order valence-corrected chi connectivity index (χ4v) is 6.23. The number of hydrogen-bond acceptors (Lipinski definition) is 8. The predicted octanol–water partition coefficient (Wildman–Crippen LogP) is 5.48. The molecule has 0 bridgehead atoms. The predicted molar refractivity (Wildman–Crippen MR) is 134 cm³/mol. The summed E-state index contributed by atoms with van der Waals surface area (Å²) >= 11 is 4.58. The minimum absolute atomic E-state index is 0.0327. The third-order valence-corrected chi connectivity index (χ3v) is 8.45. The zero-order chi connectivity index (χ0) is 22.3. The Balaban J connectivity index is 1.24. The Hall–Kier alpha value is -2.23.